The van der Waals surface area contributed by atoms with Crippen molar-refractivity contribution in [3.8, 4) is 5.88 Å². The van der Waals surface area contributed by atoms with E-state index in [4.69, 9.17) is 16.3 Å². The molecule has 2 aromatic rings. The number of rotatable bonds is 1. The zero-order valence-corrected chi connectivity index (χ0v) is 11.8. The second kappa shape index (κ2) is 4.59. The number of hydrogen-bond acceptors (Lipinski definition) is 4. The van der Waals surface area contributed by atoms with Gasteiger partial charge in [0.05, 0.1) is 17.0 Å². The summed E-state index contributed by atoms with van der Waals surface area (Å²) in [5.74, 6) is -0.246. The van der Waals surface area contributed by atoms with Gasteiger partial charge in [-0.3, -0.25) is 14.0 Å². The van der Waals surface area contributed by atoms with E-state index in [0.717, 1.165) is 0 Å². The molecule has 5 nitrogen and oxygen atoms in total. The zero-order valence-electron chi connectivity index (χ0n) is 11.1. The molecule has 0 fully saturated rings. The lowest BCUT2D eigenvalue weighted by molar-refractivity contribution is -0.136. The van der Waals surface area contributed by atoms with Gasteiger partial charge in [0.2, 0.25) is 5.88 Å². The maximum Gasteiger partial charge on any atom is 0.313 e. The van der Waals surface area contributed by atoms with Crippen LogP contribution in [-0.2, 0) is 4.79 Å². The van der Waals surface area contributed by atoms with Crippen molar-refractivity contribution in [3.63, 3.8) is 0 Å². The van der Waals surface area contributed by atoms with Gasteiger partial charge in [0.15, 0.2) is 0 Å². The lowest BCUT2D eigenvalue weighted by atomic mass is 9.85. The Morgan fingerprint density at radius 1 is 1.40 bits per heavy atom. The Balaban J connectivity index is 2.35. The first-order valence-corrected chi connectivity index (χ1v) is 6.77. The SMILES string of the molecule is CC(C)[C@@H]1CC(=O)Oc2nc3ccc(Cl)cn3c(=O)c21. The van der Waals surface area contributed by atoms with Gasteiger partial charge >= 0.3 is 5.97 Å². The van der Waals surface area contributed by atoms with Crippen LogP contribution in [0.5, 0.6) is 5.88 Å². The molecular weight excluding hydrogens is 280 g/mol. The van der Waals surface area contributed by atoms with Crippen LogP contribution >= 0.6 is 11.6 Å². The number of aromatic nitrogens is 2. The van der Waals surface area contributed by atoms with E-state index < -0.39 is 0 Å². The summed E-state index contributed by atoms with van der Waals surface area (Å²) >= 11 is 5.92. The Kier molecular flexibility index (Phi) is 3.01. The molecule has 0 amide bonds. The topological polar surface area (TPSA) is 60.7 Å². The third-order valence-corrected chi connectivity index (χ3v) is 3.78. The fourth-order valence-corrected chi connectivity index (χ4v) is 2.66. The van der Waals surface area contributed by atoms with E-state index >= 15 is 0 Å². The van der Waals surface area contributed by atoms with Crippen molar-refractivity contribution in [2.24, 2.45) is 5.92 Å². The maximum absolute atomic E-state index is 12.6. The second-order valence-electron chi connectivity index (χ2n) is 5.24. The normalized spacial score (nSPS) is 18.2. The van der Waals surface area contributed by atoms with Gasteiger partial charge in [-0.05, 0) is 18.1 Å². The molecule has 3 rings (SSSR count). The van der Waals surface area contributed by atoms with Crippen LogP contribution in [-0.4, -0.2) is 15.4 Å². The average molecular weight is 293 g/mol. The molecular formula is C14H13ClN2O3. The van der Waals surface area contributed by atoms with Gasteiger partial charge in [0, 0.05) is 12.1 Å². The first kappa shape index (κ1) is 13.1. The molecule has 0 radical (unpaired) electrons. The molecule has 1 aliphatic heterocycles. The Hall–Kier alpha value is -1.88. The molecule has 0 unspecified atom stereocenters. The first-order valence-electron chi connectivity index (χ1n) is 6.40. The number of fused-ring (bicyclic) bond motifs is 2. The fraction of sp³-hybridized carbons (Fsp3) is 0.357. The number of halogens is 1. The quantitative estimate of drug-likeness (QED) is 0.757. The summed E-state index contributed by atoms with van der Waals surface area (Å²) in [7, 11) is 0. The van der Waals surface area contributed by atoms with Crippen LogP contribution in [0.2, 0.25) is 5.02 Å². The van der Waals surface area contributed by atoms with Crippen molar-refractivity contribution in [2.45, 2.75) is 26.2 Å². The average Bonchev–Trinajstić information content (AvgIpc) is 2.38. The second-order valence-corrected chi connectivity index (χ2v) is 5.68. The van der Waals surface area contributed by atoms with Gasteiger partial charge in [-0.15, -0.1) is 0 Å². The molecule has 0 spiro atoms. The van der Waals surface area contributed by atoms with E-state index in [-0.39, 0.29) is 35.7 Å². The highest BCUT2D eigenvalue weighted by Crippen LogP contribution is 2.35. The first-order chi connectivity index (χ1) is 9.47. The molecule has 1 atom stereocenters. The van der Waals surface area contributed by atoms with Crippen LogP contribution in [0.25, 0.3) is 5.65 Å². The highest BCUT2D eigenvalue weighted by atomic mass is 35.5. The Labute approximate surface area is 120 Å². The Bertz CT molecular complexity index is 767. The molecule has 0 saturated heterocycles. The van der Waals surface area contributed by atoms with Crippen LogP contribution in [0.1, 0.15) is 31.7 Å². The van der Waals surface area contributed by atoms with Gasteiger partial charge in [0.1, 0.15) is 5.65 Å². The van der Waals surface area contributed by atoms with Crippen molar-refractivity contribution in [2.75, 3.05) is 0 Å². The van der Waals surface area contributed by atoms with Crippen LogP contribution in [0, 0.1) is 5.92 Å². The van der Waals surface area contributed by atoms with Crippen LogP contribution in [0.4, 0.5) is 0 Å². The van der Waals surface area contributed by atoms with E-state index in [1.165, 1.54) is 10.6 Å². The minimum Gasteiger partial charge on any atom is -0.407 e. The lowest BCUT2D eigenvalue weighted by Crippen LogP contribution is -2.32. The summed E-state index contributed by atoms with van der Waals surface area (Å²) in [6, 6.07) is 3.26. The molecule has 20 heavy (non-hydrogen) atoms. The third-order valence-electron chi connectivity index (χ3n) is 3.56. The van der Waals surface area contributed by atoms with E-state index in [9.17, 15) is 9.59 Å². The summed E-state index contributed by atoms with van der Waals surface area (Å²) in [4.78, 5) is 28.5. The van der Waals surface area contributed by atoms with Gasteiger partial charge in [-0.2, -0.15) is 4.98 Å². The molecule has 104 valence electrons. The van der Waals surface area contributed by atoms with E-state index in [0.29, 0.717) is 16.2 Å². The lowest BCUT2D eigenvalue weighted by Gasteiger charge is -2.25. The number of hydrogen-bond donors (Lipinski definition) is 0. The van der Waals surface area contributed by atoms with Crippen molar-refractivity contribution in [3.05, 3.63) is 39.3 Å². The molecule has 0 saturated carbocycles. The monoisotopic (exact) mass is 292 g/mol. The standard InChI is InChI=1S/C14H13ClN2O3/c1-7(2)9-5-11(18)20-13-12(9)14(19)17-6-8(15)3-4-10(17)16-13/h3-4,6-7,9H,5H2,1-2H3/t9-/m0/s1. The largest absolute Gasteiger partial charge is 0.407 e. The van der Waals surface area contributed by atoms with Crippen LogP contribution in [0.3, 0.4) is 0 Å². The van der Waals surface area contributed by atoms with Gasteiger partial charge in [0.25, 0.3) is 5.56 Å². The number of nitrogens with zero attached hydrogens (tertiary/aromatic N) is 2. The van der Waals surface area contributed by atoms with Gasteiger partial charge < -0.3 is 4.74 Å². The summed E-state index contributed by atoms with van der Waals surface area (Å²) in [6.07, 6.45) is 1.73. The van der Waals surface area contributed by atoms with Gasteiger partial charge in [-0.1, -0.05) is 25.4 Å². The van der Waals surface area contributed by atoms with Crippen molar-refractivity contribution >= 4 is 23.2 Å². The number of ether oxygens (including phenoxy) is 1. The van der Waals surface area contributed by atoms with Crippen molar-refractivity contribution in [1.82, 2.24) is 9.38 Å². The van der Waals surface area contributed by atoms with Crippen LogP contribution < -0.4 is 10.3 Å². The number of pyridine rings is 1. The summed E-state index contributed by atoms with van der Waals surface area (Å²) in [5.41, 5.74) is 0.647. The predicted molar refractivity (Wildman–Crippen MR) is 74.3 cm³/mol. The smallest absolute Gasteiger partial charge is 0.313 e. The molecule has 0 N–H and O–H groups in total. The Morgan fingerprint density at radius 3 is 2.85 bits per heavy atom. The predicted octanol–water partition coefficient (Wildman–Crippen LogP) is 2.40. The maximum atomic E-state index is 12.6. The zero-order chi connectivity index (χ0) is 14.4. The Morgan fingerprint density at radius 2 is 2.15 bits per heavy atom. The van der Waals surface area contributed by atoms with Gasteiger partial charge in [-0.25, -0.2) is 0 Å². The summed E-state index contributed by atoms with van der Waals surface area (Å²) < 4.78 is 6.53. The number of esters is 1. The molecule has 2 aromatic heterocycles. The van der Waals surface area contributed by atoms with E-state index in [1.807, 2.05) is 13.8 Å². The van der Waals surface area contributed by atoms with Crippen molar-refractivity contribution in [1.29, 1.82) is 0 Å². The molecule has 0 aliphatic carbocycles. The minimum atomic E-state index is -0.346. The molecule has 6 heteroatoms. The summed E-state index contributed by atoms with van der Waals surface area (Å²) in [6.45, 7) is 3.94. The molecule has 1 aliphatic rings. The number of carbonyl (C=O) groups is 1. The molecule has 0 aromatic carbocycles. The number of carbonyl (C=O) groups excluding carboxylic acids is 1. The fourth-order valence-electron chi connectivity index (χ4n) is 2.50. The van der Waals surface area contributed by atoms with E-state index in [1.54, 1.807) is 12.1 Å². The van der Waals surface area contributed by atoms with E-state index in [2.05, 4.69) is 4.98 Å². The molecule has 3 heterocycles. The minimum absolute atomic E-state index is 0.132. The van der Waals surface area contributed by atoms with Crippen molar-refractivity contribution < 1.29 is 9.53 Å². The highest BCUT2D eigenvalue weighted by Gasteiger charge is 2.33. The third kappa shape index (κ3) is 1.98. The van der Waals surface area contributed by atoms with Crippen LogP contribution in [0.15, 0.2) is 23.1 Å². The molecule has 0 bridgehead atoms. The highest BCUT2D eigenvalue weighted by molar-refractivity contribution is 6.30. The summed E-state index contributed by atoms with van der Waals surface area (Å²) in [5, 5.41) is 0.454.